The first-order chi connectivity index (χ1) is 12.1. The minimum atomic E-state index is -0.434. The van der Waals surface area contributed by atoms with E-state index < -0.39 is 6.10 Å². The molecule has 0 radical (unpaired) electrons. The number of β-amino-alcohol motifs (C(OH)–C–C–N with tert-alkyl or cyclic N) is 1. The van der Waals surface area contributed by atoms with Gasteiger partial charge in [-0.15, -0.1) is 10.2 Å². The summed E-state index contributed by atoms with van der Waals surface area (Å²) in [6.07, 6.45) is -0.434. The van der Waals surface area contributed by atoms with Crippen molar-refractivity contribution in [2.75, 3.05) is 24.5 Å². The largest absolute Gasteiger partial charge is 0.424 e. The number of anilines is 1. The molecule has 0 amide bonds. The lowest BCUT2D eigenvalue weighted by molar-refractivity contribution is 0.0761. The van der Waals surface area contributed by atoms with E-state index >= 15 is 0 Å². The molecule has 3 heterocycles. The highest BCUT2D eigenvalue weighted by Crippen LogP contribution is 2.31. The van der Waals surface area contributed by atoms with Crippen molar-refractivity contribution in [1.82, 2.24) is 20.1 Å². The van der Waals surface area contributed by atoms with Gasteiger partial charge in [-0.25, -0.2) is 4.98 Å². The maximum atomic E-state index is 10.6. The molecule has 1 N–H and O–H groups in total. The molecule has 3 aromatic rings. The summed E-state index contributed by atoms with van der Waals surface area (Å²) in [4.78, 5) is 9.06. The third-order valence-corrected chi connectivity index (χ3v) is 5.69. The second kappa shape index (κ2) is 6.70. The number of nitrogens with zero attached hydrogens (tertiary/aromatic N) is 5. The second-order valence-corrected chi connectivity index (χ2v) is 7.29. The third-order valence-electron chi connectivity index (χ3n) is 4.59. The molecule has 1 aromatic carbocycles. The molecule has 1 aliphatic heterocycles. The number of aromatic nitrogens is 3. The average molecular weight is 359 g/mol. The van der Waals surface area contributed by atoms with Crippen LogP contribution in [0.5, 0.6) is 0 Å². The molecule has 0 aliphatic carbocycles. The highest BCUT2D eigenvalue weighted by atomic mass is 32.1. The van der Waals surface area contributed by atoms with Gasteiger partial charge in [-0.1, -0.05) is 30.4 Å². The summed E-state index contributed by atoms with van der Waals surface area (Å²) in [5.41, 5.74) is 1.01. The number of benzene rings is 1. The van der Waals surface area contributed by atoms with E-state index in [1.807, 2.05) is 18.2 Å². The summed E-state index contributed by atoms with van der Waals surface area (Å²) in [5, 5.41) is 19.5. The van der Waals surface area contributed by atoms with Crippen LogP contribution in [0.2, 0.25) is 0 Å². The minimum Gasteiger partial charge on any atom is -0.424 e. The summed E-state index contributed by atoms with van der Waals surface area (Å²) in [6.45, 7) is 6.54. The molecule has 0 saturated carbocycles. The molecule has 0 bridgehead atoms. The Labute approximate surface area is 149 Å². The zero-order valence-corrected chi connectivity index (χ0v) is 15.1. The lowest BCUT2D eigenvalue weighted by atomic mass is 10.2. The van der Waals surface area contributed by atoms with E-state index in [4.69, 9.17) is 9.40 Å². The van der Waals surface area contributed by atoms with Gasteiger partial charge in [0.05, 0.1) is 28.9 Å². The van der Waals surface area contributed by atoms with Crippen LogP contribution in [0.3, 0.4) is 0 Å². The number of likely N-dealkylation sites (N-methyl/N-ethyl adjacent to an activating group) is 1. The monoisotopic (exact) mass is 359 g/mol. The maximum absolute atomic E-state index is 10.6. The van der Waals surface area contributed by atoms with Gasteiger partial charge in [-0.2, -0.15) is 0 Å². The van der Waals surface area contributed by atoms with Crippen LogP contribution in [0.15, 0.2) is 28.7 Å². The van der Waals surface area contributed by atoms with Crippen LogP contribution in [0, 0.1) is 6.92 Å². The number of para-hydroxylation sites is 1. The van der Waals surface area contributed by atoms with Crippen molar-refractivity contribution in [3.8, 4) is 0 Å². The van der Waals surface area contributed by atoms with E-state index in [-0.39, 0.29) is 6.04 Å². The molecule has 8 heteroatoms. The second-order valence-electron chi connectivity index (χ2n) is 6.28. The van der Waals surface area contributed by atoms with Crippen molar-refractivity contribution in [2.24, 2.45) is 0 Å². The smallest absolute Gasteiger partial charge is 0.230 e. The molecular formula is C17H21N5O2S. The zero-order valence-electron chi connectivity index (χ0n) is 14.3. The number of hydrogen-bond acceptors (Lipinski definition) is 8. The molecule has 2 aromatic heterocycles. The van der Waals surface area contributed by atoms with E-state index in [1.54, 1.807) is 18.3 Å². The van der Waals surface area contributed by atoms with Gasteiger partial charge in [0.1, 0.15) is 0 Å². The summed E-state index contributed by atoms with van der Waals surface area (Å²) >= 11 is 1.67. The van der Waals surface area contributed by atoms with Crippen LogP contribution in [0.25, 0.3) is 10.2 Å². The summed E-state index contributed by atoms with van der Waals surface area (Å²) in [5.74, 6) is 1.15. The van der Waals surface area contributed by atoms with E-state index in [2.05, 4.69) is 33.0 Å². The first-order valence-electron chi connectivity index (χ1n) is 8.45. The Morgan fingerprint density at radius 1 is 1.32 bits per heavy atom. The van der Waals surface area contributed by atoms with E-state index in [0.717, 1.165) is 23.7 Å². The van der Waals surface area contributed by atoms with Crippen LogP contribution in [-0.4, -0.2) is 57.0 Å². The summed E-state index contributed by atoms with van der Waals surface area (Å²) in [6, 6.07) is 8.14. The number of rotatable bonds is 5. The quantitative estimate of drug-likeness (QED) is 0.747. The molecule has 0 spiro atoms. The highest BCUT2D eigenvalue weighted by molar-refractivity contribution is 7.22. The van der Waals surface area contributed by atoms with Crippen molar-refractivity contribution in [1.29, 1.82) is 0 Å². The Hall–Kier alpha value is -2.03. The van der Waals surface area contributed by atoms with Gasteiger partial charge in [0.2, 0.25) is 11.8 Å². The fraction of sp³-hybridized carbons (Fsp3) is 0.471. The van der Waals surface area contributed by atoms with Crippen molar-refractivity contribution >= 4 is 26.7 Å². The molecule has 4 rings (SSSR count). The fourth-order valence-electron chi connectivity index (χ4n) is 3.32. The molecule has 1 saturated heterocycles. The summed E-state index contributed by atoms with van der Waals surface area (Å²) in [7, 11) is 0. The molecule has 0 unspecified atom stereocenters. The number of aliphatic hydroxyl groups is 1. The maximum Gasteiger partial charge on any atom is 0.230 e. The van der Waals surface area contributed by atoms with Gasteiger partial charge < -0.3 is 14.4 Å². The first kappa shape index (κ1) is 16.4. The Kier molecular flexibility index (Phi) is 4.41. The average Bonchev–Trinajstić information content (AvgIpc) is 3.30. The zero-order chi connectivity index (χ0) is 17.4. The molecule has 7 nitrogen and oxygen atoms in total. The van der Waals surface area contributed by atoms with E-state index in [1.165, 1.54) is 4.70 Å². The van der Waals surface area contributed by atoms with Gasteiger partial charge in [0.15, 0.2) is 5.13 Å². The third kappa shape index (κ3) is 3.24. The lowest BCUT2D eigenvalue weighted by Gasteiger charge is -2.27. The molecule has 1 aliphatic rings. The van der Waals surface area contributed by atoms with Crippen LogP contribution in [0.1, 0.15) is 18.7 Å². The molecular weight excluding hydrogens is 338 g/mol. The molecule has 2 atom stereocenters. The van der Waals surface area contributed by atoms with Crippen molar-refractivity contribution in [3.05, 3.63) is 36.0 Å². The predicted molar refractivity (Wildman–Crippen MR) is 96.7 cm³/mol. The Balaban J connectivity index is 1.51. The van der Waals surface area contributed by atoms with Crippen LogP contribution < -0.4 is 4.90 Å². The van der Waals surface area contributed by atoms with Gasteiger partial charge in [0, 0.05) is 20.0 Å². The van der Waals surface area contributed by atoms with Gasteiger partial charge in [-0.3, -0.25) is 4.90 Å². The normalized spacial score (nSPS) is 20.9. The Morgan fingerprint density at radius 2 is 2.16 bits per heavy atom. The highest BCUT2D eigenvalue weighted by Gasteiger charge is 2.36. The van der Waals surface area contributed by atoms with Crippen LogP contribution >= 0.6 is 11.3 Å². The van der Waals surface area contributed by atoms with Crippen LogP contribution in [0.4, 0.5) is 5.13 Å². The Bertz CT molecular complexity index is 830. The number of thiazole rings is 1. The molecule has 25 heavy (non-hydrogen) atoms. The minimum absolute atomic E-state index is 0.0178. The van der Waals surface area contributed by atoms with Crippen molar-refractivity contribution in [3.63, 3.8) is 0 Å². The topological polar surface area (TPSA) is 78.5 Å². The number of aryl methyl sites for hydroxylation is 1. The van der Waals surface area contributed by atoms with Crippen LogP contribution in [-0.2, 0) is 6.54 Å². The fourth-order valence-corrected chi connectivity index (χ4v) is 4.30. The Morgan fingerprint density at radius 3 is 2.88 bits per heavy atom. The molecule has 1 fully saturated rings. The van der Waals surface area contributed by atoms with Crippen molar-refractivity contribution in [2.45, 2.75) is 32.5 Å². The predicted octanol–water partition coefficient (Wildman–Crippen LogP) is 2.06. The number of aliphatic hydroxyl groups excluding tert-OH is 1. The van der Waals surface area contributed by atoms with Gasteiger partial charge in [-0.05, 0) is 18.7 Å². The first-order valence-corrected chi connectivity index (χ1v) is 9.27. The number of fused-ring (bicyclic) bond motifs is 1. The summed E-state index contributed by atoms with van der Waals surface area (Å²) < 4.78 is 6.66. The molecule has 132 valence electrons. The van der Waals surface area contributed by atoms with E-state index in [0.29, 0.717) is 24.9 Å². The van der Waals surface area contributed by atoms with E-state index in [9.17, 15) is 5.11 Å². The van der Waals surface area contributed by atoms with Gasteiger partial charge in [0.25, 0.3) is 0 Å². The van der Waals surface area contributed by atoms with Crippen molar-refractivity contribution < 1.29 is 9.52 Å². The SMILES string of the molecule is CCN(Cc1nnc(C)o1)[C@@H]1CN(c2nc3ccccc3s2)C[C@H]1O. The number of hydrogen-bond donors (Lipinski definition) is 1. The van der Waals surface area contributed by atoms with Gasteiger partial charge >= 0.3 is 0 Å². The standard InChI is InChI=1S/C17H21N5O2S/c1-3-21(10-16-20-19-11(2)24-16)13-8-22(9-14(13)23)17-18-12-6-4-5-7-15(12)25-17/h4-7,13-14,23H,3,8-10H2,1-2H3/t13-,14-/m1/s1. The lowest BCUT2D eigenvalue weighted by Crippen LogP contribution is -2.42.